The molecule has 1 aromatic carbocycles. The predicted molar refractivity (Wildman–Crippen MR) is 91.3 cm³/mol. The lowest BCUT2D eigenvalue weighted by atomic mass is 10.2. The molecule has 0 unspecified atom stereocenters. The molecular weight excluding hydrogens is 306 g/mol. The Balaban J connectivity index is 2.09. The Morgan fingerprint density at radius 3 is 2.58 bits per heavy atom. The Bertz CT molecular complexity index is 955. The molecule has 6 heteroatoms. The highest BCUT2D eigenvalue weighted by molar-refractivity contribution is 5.81. The Kier molecular flexibility index (Phi) is 4.20. The molecule has 1 N–H and O–H groups in total. The van der Waals surface area contributed by atoms with Crippen LogP contribution in [-0.4, -0.2) is 25.2 Å². The van der Waals surface area contributed by atoms with Gasteiger partial charge in [0.1, 0.15) is 5.65 Å². The van der Waals surface area contributed by atoms with Gasteiger partial charge in [-0.05, 0) is 25.0 Å². The molecule has 24 heavy (non-hydrogen) atoms. The first kappa shape index (κ1) is 16.0. The summed E-state index contributed by atoms with van der Waals surface area (Å²) in [6.07, 6.45) is 1.34. The number of nitrogens with zero attached hydrogens (tertiary/aromatic N) is 3. The van der Waals surface area contributed by atoms with Crippen LogP contribution >= 0.6 is 0 Å². The van der Waals surface area contributed by atoms with Gasteiger partial charge in [0.2, 0.25) is 0 Å². The number of fused-ring (bicyclic) bond motifs is 1. The Morgan fingerprint density at radius 2 is 1.92 bits per heavy atom. The highest BCUT2D eigenvalue weighted by Crippen LogP contribution is 2.21. The van der Waals surface area contributed by atoms with Crippen LogP contribution in [0.15, 0.2) is 41.5 Å². The fourth-order valence-electron chi connectivity index (χ4n) is 2.89. The van der Waals surface area contributed by atoms with E-state index in [0.29, 0.717) is 17.6 Å². The molecule has 0 aliphatic heterocycles. The molecule has 2 heterocycles. The van der Waals surface area contributed by atoms with E-state index in [-0.39, 0.29) is 18.5 Å². The topological polar surface area (TPSA) is 77.1 Å². The number of benzene rings is 1. The van der Waals surface area contributed by atoms with Gasteiger partial charge in [0.15, 0.2) is 0 Å². The minimum Gasteiger partial charge on any atom is -0.481 e. The van der Waals surface area contributed by atoms with Crippen LogP contribution in [0, 0.1) is 13.8 Å². The van der Waals surface area contributed by atoms with Gasteiger partial charge < -0.3 is 9.67 Å². The summed E-state index contributed by atoms with van der Waals surface area (Å²) in [7, 11) is 0. The van der Waals surface area contributed by atoms with Crippen molar-refractivity contribution in [1.82, 2.24) is 14.1 Å². The van der Waals surface area contributed by atoms with Crippen molar-refractivity contribution in [3.05, 3.63) is 63.8 Å². The summed E-state index contributed by atoms with van der Waals surface area (Å²) in [5.74, 6) is -0.934. The maximum atomic E-state index is 12.7. The molecule has 3 rings (SSSR count). The highest BCUT2D eigenvalue weighted by atomic mass is 16.4. The Labute approximate surface area is 139 Å². The van der Waals surface area contributed by atoms with E-state index in [4.69, 9.17) is 5.11 Å². The van der Waals surface area contributed by atoms with Crippen LogP contribution in [0.25, 0.3) is 11.0 Å². The van der Waals surface area contributed by atoms with Crippen LogP contribution in [-0.2, 0) is 17.9 Å². The molecule has 2 aromatic heterocycles. The SMILES string of the molecule is Cc1c(C)n(Cc2ccccc2)c2ncn(CCC(=O)O)c(=O)c12. The highest BCUT2D eigenvalue weighted by Gasteiger charge is 2.17. The summed E-state index contributed by atoms with van der Waals surface area (Å²) in [6, 6.07) is 10.0. The largest absolute Gasteiger partial charge is 0.481 e. The minimum absolute atomic E-state index is 0.101. The van der Waals surface area contributed by atoms with Crippen molar-refractivity contribution in [3.8, 4) is 0 Å². The Morgan fingerprint density at radius 1 is 1.21 bits per heavy atom. The van der Waals surface area contributed by atoms with Crippen molar-refractivity contribution >= 4 is 17.0 Å². The van der Waals surface area contributed by atoms with Gasteiger partial charge in [-0.1, -0.05) is 30.3 Å². The molecular formula is C18H19N3O3. The van der Waals surface area contributed by atoms with Gasteiger partial charge in [0.05, 0.1) is 18.1 Å². The molecule has 0 amide bonds. The number of carboxylic acids is 1. The second-order valence-corrected chi connectivity index (χ2v) is 5.87. The molecule has 0 radical (unpaired) electrons. The number of carboxylic acid groups (broad SMARTS) is 1. The molecule has 0 atom stereocenters. The number of carbonyl (C=O) groups is 1. The molecule has 124 valence electrons. The molecule has 3 aromatic rings. The predicted octanol–water partition coefficient (Wildman–Crippen LogP) is 2.34. The molecule has 0 saturated carbocycles. The fourth-order valence-corrected chi connectivity index (χ4v) is 2.89. The van der Waals surface area contributed by atoms with Crippen molar-refractivity contribution in [2.45, 2.75) is 33.4 Å². The first-order chi connectivity index (χ1) is 11.5. The second kappa shape index (κ2) is 6.31. The van der Waals surface area contributed by atoms with Gasteiger partial charge in [-0.2, -0.15) is 0 Å². The van der Waals surface area contributed by atoms with Crippen molar-refractivity contribution in [2.75, 3.05) is 0 Å². The first-order valence-electron chi connectivity index (χ1n) is 7.79. The van der Waals surface area contributed by atoms with Gasteiger partial charge in [-0.25, -0.2) is 4.98 Å². The van der Waals surface area contributed by atoms with E-state index in [9.17, 15) is 9.59 Å². The monoisotopic (exact) mass is 325 g/mol. The zero-order valence-corrected chi connectivity index (χ0v) is 13.7. The van der Waals surface area contributed by atoms with Crippen LogP contribution in [0.4, 0.5) is 0 Å². The van der Waals surface area contributed by atoms with Crippen LogP contribution in [0.1, 0.15) is 23.2 Å². The quantitative estimate of drug-likeness (QED) is 0.781. The maximum Gasteiger partial charge on any atom is 0.305 e. The van der Waals surface area contributed by atoms with Crippen molar-refractivity contribution in [3.63, 3.8) is 0 Å². The van der Waals surface area contributed by atoms with Gasteiger partial charge in [0.25, 0.3) is 5.56 Å². The summed E-state index contributed by atoms with van der Waals surface area (Å²) in [4.78, 5) is 27.9. The lowest BCUT2D eigenvalue weighted by Gasteiger charge is -2.08. The van der Waals surface area contributed by atoms with Crippen LogP contribution in [0.5, 0.6) is 0 Å². The molecule has 6 nitrogen and oxygen atoms in total. The third kappa shape index (κ3) is 2.82. The zero-order chi connectivity index (χ0) is 17.3. The third-order valence-corrected chi connectivity index (χ3v) is 4.35. The summed E-state index contributed by atoms with van der Waals surface area (Å²) < 4.78 is 3.40. The summed E-state index contributed by atoms with van der Waals surface area (Å²) in [5, 5.41) is 9.37. The number of aromatic nitrogens is 3. The lowest BCUT2D eigenvalue weighted by Crippen LogP contribution is -2.22. The Hall–Kier alpha value is -2.89. The lowest BCUT2D eigenvalue weighted by molar-refractivity contribution is -0.137. The normalized spacial score (nSPS) is 11.1. The molecule has 0 bridgehead atoms. The number of aryl methyl sites for hydroxylation is 2. The molecule has 0 aliphatic rings. The van der Waals surface area contributed by atoms with Crippen LogP contribution in [0.2, 0.25) is 0 Å². The van der Waals surface area contributed by atoms with E-state index in [1.807, 2.05) is 48.7 Å². The van der Waals surface area contributed by atoms with E-state index < -0.39 is 5.97 Å². The molecule has 0 spiro atoms. The fraction of sp³-hybridized carbons (Fsp3) is 0.278. The van der Waals surface area contributed by atoms with E-state index in [1.54, 1.807) is 0 Å². The minimum atomic E-state index is -0.934. The number of rotatable bonds is 5. The molecule has 0 saturated heterocycles. The number of hydrogen-bond donors (Lipinski definition) is 1. The number of aliphatic carboxylic acids is 1. The maximum absolute atomic E-state index is 12.7. The zero-order valence-electron chi connectivity index (χ0n) is 13.7. The molecule has 0 aliphatic carbocycles. The summed E-state index contributed by atoms with van der Waals surface area (Å²) in [5.41, 5.74) is 3.48. The van der Waals surface area contributed by atoms with E-state index in [1.165, 1.54) is 10.9 Å². The van der Waals surface area contributed by atoms with E-state index in [2.05, 4.69) is 4.98 Å². The average Bonchev–Trinajstić information content (AvgIpc) is 2.80. The van der Waals surface area contributed by atoms with Gasteiger partial charge in [0, 0.05) is 18.8 Å². The average molecular weight is 325 g/mol. The standard InChI is InChI=1S/C18H19N3O3/c1-12-13(2)21(10-14-6-4-3-5-7-14)17-16(12)18(24)20(11-19-17)9-8-15(22)23/h3-7,11H,8-10H2,1-2H3,(H,22,23). The first-order valence-corrected chi connectivity index (χ1v) is 7.79. The molecule has 0 fully saturated rings. The second-order valence-electron chi connectivity index (χ2n) is 5.87. The van der Waals surface area contributed by atoms with Gasteiger partial charge in [-0.3, -0.25) is 14.2 Å². The smallest absolute Gasteiger partial charge is 0.305 e. The van der Waals surface area contributed by atoms with Crippen molar-refractivity contribution < 1.29 is 9.90 Å². The van der Waals surface area contributed by atoms with E-state index >= 15 is 0 Å². The number of hydrogen-bond acceptors (Lipinski definition) is 3. The van der Waals surface area contributed by atoms with Crippen LogP contribution < -0.4 is 5.56 Å². The third-order valence-electron chi connectivity index (χ3n) is 4.35. The van der Waals surface area contributed by atoms with Crippen molar-refractivity contribution in [1.29, 1.82) is 0 Å². The van der Waals surface area contributed by atoms with E-state index in [0.717, 1.165) is 16.8 Å². The summed E-state index contributed by atoms with van der Waals surface area (Å²) in [6.45, 7) is 4.65. The van der Waals surface area contributed by atoms with Crippen molar-refractivity contribution in [2.24, 2.45) is 0 Å². The van der Waals surface area contributed by atoms with Gasteiger partial charge >= 0.3 is 5.97 Å². The van der Waals surface area contributed by atoms with Gasteiger partial charge in [-0.15, -0.1) is 0 Å². The van der Waals surface area contributed by atoms with Crippen LogP contribution in [0.3, 0.4) is 0 Å². The summed E-state index contributed by atoms with van der Waals surface area (Å²) >= 11 is 0.